The predicted octanol–water partition coefficient (Wildman–Crippen LogP) is 3.58. The van der Waals surface area contributed by atoms with E-state index < -0.39 is 11.9 Å². The smallest absolute Gasteiger partial charge is 0.341 e. The summed E-state index contributed by atoms with van der Waals surface area (Å²) in [4.78, 5) is 25.9. The molecular weight excluding hydrogens is 364 g/mol. The number of nitrogens with zero attached hydrogens (tertiary/aromatic N) is 1. The highest BCUT2D eigenvalue weighted by Crippen LogP contribution is 2.39. The third kappa shape index (κ3) is 3.71. The molecule has 0 unspecified atom stereocenters. The molecule has 6 nitrogen and oxygen atoms in total. The van der Waals surface area contributed by atoms with Crippen molar-refractivity contribution in [2.75, 3.05) is 19.5 Å². The van der Waals surface area contributed by atoms with Gasteiger partial charge in [0.1, 0.15) is 22.4 Å². The molecule has 1 amide bonds. The average molecular weight is 382 g/mol. The van der Waals surface area contributed by atoms with E-state index in [-0.39, 0.29) is 5.57 Å². The summed E-state index contributed by atoms with van der Waals surface area (Å²) in [5.74, 6) is -0.492. The van der Waals surface area contributed by atoms with E-state index in [1.807, 2.05) is 6.07 Å². The number of benzene rings is 1. The molecule has 0 spiro atoms. The number of carbonyl (C=O) groups excluding carboxylic acids is 2. The number of esters is 1. The summed E-state index contributed by atoms with van der Waals surface area (Å²) < 4.78 is 10.1. The minimum absolute atomic E-state index is 0.0797. The van der Waals surface area contributed by atoms with Crippen LogP contribution in [0.1, 0.15) is 32.8 Å². The molecule has 0 aliphatic heterocycles. The van der Waals surface area contributed by atoms with Crippen LogP contribution in [0.2, 0.25) is 0 Å². The van der Waals surface area contributed by atoms with Gasteiger partial charge >= 0.3 is 5.97 Å². The van der Waals surface area contributed by atoms with Crippen molar-refractivity contribution in [2.45, 2.75) is 19.3 Å². The molecule has 1 heterocycles. The van der Waals surface area contributed by atoms with Gasteiger partial charge in [-0.2, -0.15) is 5.26 Å². The number of amides is 1. The van der Waals surface area contributed by atoms with E-state index in [0.29, 0.717) is 21.9 Å². The van der Waals surface area contributed by atoms with Crippen molar-refractivity contribution >= 4 is 34.3 Å². The van der Waals surface area contributed by atoms with Gasteiger partial charge in [0.2, 0.25) is 0 Å². The minimum Gasteiger partial charge on any atom is -0.496 e. The normalized spacial score (nSPS) is 12.9. The van der Waals surface area contributed by atoms with Crippen LogP contribution >= 0.6 is 11.3 Å². The number of nitriles is 1. The second kappa shape index (κ2) is 8.06. The molecule has 1 aromatic carbocycles. The third-order valence-electron chi connectivity index (χ3n) is 4.34. The van der Waals surface area contributed by atoms with Gasteiger partial charge in [0.05, 0.1) is 19.8 Å². The quantitative estimate of drug-likeness (QED) is 0.485. The number of methoxy groups -OCH3 is 2. The Labute approximate surface area is 161 Å². The molecule has 1 aliphatic rings. The van der Waals surface area contributed by atoms with Gasteiger partial charge in [-0.25, -0.2) is 4.79 Å². The van der Waals surface area contributed by atoms with E-state index in [2.05, 4.69) is 5.32 Å². The molecule has 138 valence electrons. The number of hydrogen-bond donors (Lipinski definition) is 1. The van der Waals surface area contributed by atoms with Gasteiger partial charge in [-0.1, -0.05) is 18.2 Å². The molecule has 0 radical (unpaired) electrons. The number of anilines is 1. The van der Waals surface area contributed by atoms with Crippen molar-refractivity contribution in [2.24, 2.45) is 0 Å². The van der Waals surface area contributed by atoms with Gasteiger partial charge in [0, 0.05) is 10.4 Å². The summed E-state index contributed by atoms with van der Waals surface area (Å²) in [6, 6.07) is 9.01. The molecule has 0 saturated carbocycles. The highest BCUT2D eigenvalue weighted by Gasteiger charge is 2.28. The largest absolute Gasteiger partial charge is 0.496 e. The maximum Gasteiger partial charge on any atom is 0.341 e. The molecule has 7 heteroatoms. The van der Waals surface area contributed by atoms with Crippen molar-refractivity contribution in [1.29, 1.82) is 5.26 Å². The number of para-hydroxylation sites is 1. The Morgan fingerprint density at radius 3 is 2.74 bits per heavy atom. The zero-order valence-corrected chi connectivity index (χ0v) is 15.8. The second-order valence-corrected chi connectivity index (χ2v) is 7.02. The van der Waals surface area contributed by atoms with Gasteiger partial charge in [0.15, 0.2) is 0 Å². The third-order valence-corrected chi connectivity index (χ3v) is 5.55. The number of hydrogen-bond acceptors (Lipinski definition) is 6. The fourth-order valence-electron chi connectivity index (χ4n) is 3.07. The second-order valence-electron chi connectivity index (χ2n) is 5.92. The van der Waals surface area contributed by atoms with E-state index in [1.54, 1.807) is 24.3 Å². The Hall–Kier alpha value is -3.11. The molecule has 0 saturated heterocycles. The summed E-state index contributed by atoms with van der Waals surface area (Å²) in [6.07, 6.45) is 4.11. The summed E-state index contributed by atoms with van der Waals surface area (Å²) in [5.41, 5.74) is 1.88. The van der Waals surface area contributed by atoms with Gasteiger partial charge in [-0.15, -0.1) is 11.3 Å². The van der Waals surface area contributed by atoms with Crippen LogP contribution in [0.5, 0.6) is 5.75 Å². The van der Waals surface area contributed by atoms with Gasteiger partial charge < -0.3 is 14.8 Å². The van der Waals surface area contributed by atoms with E-state index in [9.17, 15) is 14.9 Å². The molecule has 3 rings (SSSR count). The Morgan fingerprint density at radius 2 is 2.04 bits per heavy atom. The Bertz CT molecular complexity index is 969. The van der Waals surface area contributed by atoms with Crippen molar-refractivity contribution in [3.05, 3.63) is 51.4 Å². The van der Waals surface area contributed by atoms with Crippen LogP contribution in [-0.4, -0.2) is 26.1 Å². The zero-order chi connectivity index (χ0) is 19.4. The van der Waals surface area contributed by atoms with Crippen molar-refractivity contribution in [3.8, 4) is 11.8 Å². The number of nitrogens with one attached hydrogen (secondary N) is 1. The lowest BCUT2D eigenvalue weighted by molar-refractivity contribution is -0.112. The number of fused-ring (bicyclic) bond motifs is 1. The summed E-state index contributed by atoms with van der Waals surface area (Å²) in [5, 5.41) is 12.6. The standard InChI is InChI=1S/C20H18N2O4S/c1-25-15-8-4-3-6-12(15)10-13(11-21)18(23)22-19-17(20(24)26-2)14-7-5-9-16(14)27-19/h3-4,6,8,10H,5,7,9H2,1-2H3,(H,22,23). The highest BCUT2D eigenvalue weighted by molar-refractivity contribution is 7.17. The highest BCUT2D eigenvalue weighted by atomic mass is 32.1. The van der Waals surface area contributed by atoms with Crippen LogP contribution in [-0.2, 0) is 22.4 Å². The molecule has 1 aliphatic carbocycles. The topological polar surface area (TPSA) is 88.4 Å². The maximum absolute atomic E-state index is 12.6. The molecular formula is C20H18N2O4S. The van der Waals surface area contributed by atoms with E-state index >= 15 is 0 Å². The maximum atomic E-state index is 12.6. The molecule has 0 fully saturated rings. The van der Waals surface area contributed by atoms with Crippen molar-refractivity contribution < 1.29 is 19.1 Å². The van der Waals surface area contributed by atoms with Crippen molar-refractivity contribution in [3.63, 3.8) is 0 Å². The SMILES string of the molecule is COC(=O)c1c(NC(=O)C(C#N)=Cc2ccccc2OC)sc2c1CCC2. The first-order valence-corrected chi connectivity index (χ1v) is 9.19. The van der Waals surface area contributed by atoms with E-state index in [4.69, 9.17) is 9.47 Å². The van der Waals surface area contributed by atoms with Crippen LogP contribution in [0.4, 0.5) is 5.00 Å². The molecule has 2 aromatic rings. The average Bonchev–Trinajstić information content (AvgIpc) is 3.26. The van der Waals surface area contributed by atoms with E-state index in [1.165, 1.54) is 31.6 Å². The summed E-state index contributed by atoms with van der Waals surface area (Å²) >= 11 is 1.37. The lowest BCUT2D eigenvalue weighted by Gasteiger charge is -2.07. The summed E-state index contributed by atoms with van der Waals surface area (Å²) in [6.45, 7) is 0. The summed E-state index contributed by atoms with van der Waals surface area (Å²) in [7, 11) is 2.84. The number of thiophene rings is 1. The Morgan fingerprint density at radius 1 is 1.26 bits per heavy atom. The molecule has 1 N–H and O–H groups in total. The number of rotatable bonds is 5. The Kier molecular flexibility index (Phi) is 5.57. The molecule has 1 aromatic heterocycles. The molecule has 0 bridgehead atoms. The van der Waals surface area contributed by atoms with Gasteiger partial charge in [-0.05, 0) is 37.0 Å². The lowest BCUT2D eigenvalue weighted by Crippen LogP contribution is -2.15. The van der Waals surface area contributed by atoms with Crippen LogP contribution in [0.25, 0.3) is 6.08 Å². The zero-order valence-electron chi connectivity index (χ0n) is 15.0. The number of carbonyl (C=O) groups is 2. The first-order valence-electron chi connectivity index (χ1n) is 8.38. The van der Waals surface area contributed by atoms with Crippen LogP contribution in [0, 0.1) is 11.3 Å². The molecule has 27 heavy (non-hydrogen) atoms. The Balaban J connectivity index is 1.92. The van der Waals surface area contributed by atoms with E-state index in [0.717, 1.165) is 29.7 Å². The van der Waals surface area contributed by atoms with Crippen molar-refractivity contribution in [1.82, 2.24) is 0 Å². The van der Waals surface area contributed by atoms with Crippen LogP contribution in [0.3, 0.4) is 0 Å². The fourth-order valence-corrected chi connectivity index (χ4v) is 4.34. The number of ether oxygens (including phenoxy) is 2. The van der Waals surface area contributed by atoms with Gasteiger partial charge in [0.25, 0.3) is 5.91 Å². The monoisotopic (exact) mass is 382 g/mol. The fraction of sp³-hybridized carbons (Fsp3) is 0.250. The van der Waals surface area contributed by atoms with Gasteiger partial charge in [-0.3, -0.25) is 4.79 Å². The predicted molar refractivity (Wildman–Crippen MR) is 103 cm³/mol. The number of aryl methyl sites for hydroxylation is 1. The minimum atomic E-state index is -0.575. The first kappa shape index (κ1) is 18.7. The van der Waals surface area contributed by atoms with Crippen LogP contribution in [0.15, 0.2) is 29.8 Å². The van der Waals surface area contributed by atoms with Crippen LogP contribution < -0.4 is 10.1 Å². The first-order chi connectivity index (χ1) is 13.1. The molecule has 0 atom stereocenters. The lowest BCUT2D eigenvalue weighted by atomic mass is 10.1.